The molecule has 1 aliphatic heterocycles. The van der Waals surface area contributed by atoms with Gasteiger partial charge in [0.15, 0.2) is 5.82 Å². The van der Waals surface area contributed by atoms with Gasteiger partial charge in [-0.25, -0.2) is 4.98 Å². The van der Waals surface area contributed by atoms with Crippen molar-refractivity contribution >= 4 is 22.6 Å². The molecule has 2 fully saturated rings. The van der Waals surface area contributed by atoms with E-state index in [1.54, 1.807) is 17.8 Å². The number of nitrogens with zero attached hydrogens (tertiary/aromatic N) is 4. The number of hydrogen-bond acceptors (Lipinski definition) is 6. The van der Waals surface area contributed by atoms with Crippen LogP contribution in [0.5, 0.6) is 0 Å². The Bertz CT molecular complexity index is 1270. The maximum absolute atomic E-state index is 13.4. The van der Waals surface area contributed by atoms with E-state index in [4.69, 9.17) is 4.98 Å². The minimum atomic E-state index is -0.192. The molecule has 4 heterocycles. The molecule has 3 N–H and O–H groups in total. The number of fused-ring (bicyclic) bond motifs is 1. The van der Waals surface area contributed by atoms with Crippen LogP contribution in [0.25, 0.3) is 22.0 Å². The number of H-pyrrole nitrogens is 1. The number of likely N-dealkylation sites (tertiary alicyclic amines) is 1. The molecule has 9 nitrogen and oxygen atoms in total. The van der Waals surface area contributed by atoms with Gasteiger partial charge < -0.3 is 20.5 Å². The zero-order valence-corrected chi connectivity index (χ0v) is 20.8. The third kappa shape index (κ3) is 4.96. The molecule has 0 bridgehead atoms. The molecular formula is C26H35N7O2. The number of amides is 1. The largest absolute Gasteiger partial charge is 0.365 e. The van der Waals surface area contributed by atoms with Crippen LogP contribution < -0.4 is 16.2 Å². The number of carbonyl (C=O) groups excluding carboxylic acids is 1. The first kappa shape index (κ1) is 23.5. The number of rotatable bonds is 5. The van der Waals surface area contributed by atoms with Gasteiger partial charge in [0.2, 0.25) is 5.91 Å². The van der Waals surface area contributed by atoms with E-state index < -0.39 is 0 Å². The summed E-state index contributed by atoms with van der Waals surface area (Å²) in [5.74, 6) is 0.527. The van der Waals surface area contributed by atoms with Crippen molar-refractivity contribution in [3.05, 3.63) is 40.6 Å². The van der Waals surface area contributed by atoms with E-state index in [1.165, 1.54) is 19.3 Å². The lowest BCUT2D eigenvalue weighted by molar-refractivity contribution is -0.127. The fourth-order valence-corrected chi connectivity index (χ4v) is 5.48. The molecule has 2 aliphatic rings. The van der Waals surface area contributed by atoms with Gasteiger partial charge in [0.05, 0.1) is 17.6 Å². The molecule has 5 rings (SSSR count). The van der Waals surface area contributed by atoms with Gasteiger partial charge in [-0.2, -0.15) is 5.10 Å². The monoisotopic (exact) mass is 477 g/mol. The Morgan fingerprint density at radius 3 is 2.69 bits per heavy atom. The number of nitrogens with one attached hydrogen (secondary N) is 3. The Morgan fingerprint density at radius 1 is 1.14 bits per heavy atom. The van der Waals surface area contributed by atoms with Crippen LogP contribution in [0.3, 0.4) is 0 Å². The SMILES string of the molecule is Cc1cc2c(-c3cnn(C)c3)cnc(N[C@@H]3CCN(C)C[C@H]3C(=O)NC3CCCCC3)c2[nH]c1=O. The fourth-order valence-electron chi connectivity index (χ4n) is 5.48. The fraction of sp³-hybridized carbons (Fsp3) is 0.538. The highest BCUT2D eigenvalue weighted by molar-refractivity contribution is 5.99. The van der Waals surface area contributed by atoms with Crippen LogP contribution in [0.15, 0.2) is 29.5 Å². The Morgan fingerprint density at radius 2 is 1.94 bits per heavy atom. The van der Waals surface area contributed by atoms with E-state index in [9.17, 15) is 9.59 Å². The van der Waals surface area contributed by atoms with Gasteiger partial charge >= 0.3 is 0 Å². The third-order valence-electron chi connectivity index (χ3n) is 7.52. The summed E-state index contributed by atoms with van der Waals surface area (Å²) in [6, 6.07) is 2.12. The van der Waals surface area contributed by atoms with Crippen LogP contribution in [0.4, 0.5) is 5.82 Å². The van der Waals surface area contributed by atoms with Crippen LogP contribution in [-0.4, -0.2) is 62.8 Å². The first-order chi connectivity index (χ1) is 16.9. The third-order valence-corrected chi connectivity index (χ3v) is 7.52. The van der Waals surface area contributed by atoms with Gasteiger partial charge in [0.1, 0.15) is 0 Å². The Labute approximate surface area is 205 Å². The quantitative estimate of drug-likeness (QED) is 0.522. The van der Waals surface area contributed by atoms with Crippen molar-refractivity contribution in [2.75, 3.05) is 25.5 Å². The number of piperidine rings is 1. The Balaban J connectivity index is 1.46. The van der Waals surface area contributed by atoms with Gasteiger partial charge in [0.25, 0.3) is 5.56 Å². The number of aromatic amines is 1. The summed E-state index contributed by atoms with van der Waals surface area (Å²) in [5, 5.41) is 12.1. The number of anilines is 1. The molecule has 1 aliphatic carbocycles. The predicted octanol–water partition coefficient (Wildman–Crippen LogP) is 2.81. The highest BCUT2D eigenvalue weighted by Gasteiger charge is 2.35. The zero-order chi connectivity index (χ0) is 24.5. The average Bonchev–Trinajstić information content (AvgIpc) is 3.28. The minimum absolute atomic E-state index is 0.0699. The first-order valence-corrected chi connectivity index (χ1v) is 12.7. The molecule has 2 atom stereocenters. The van der Waals surface area contributed by atoms with Gasteiger partial charge in [-0.05, 0) is 45.8 Å². The van der Waals surface area contributed by atoms with Crippen LogP contribution in [0.1, 0.15) is 44.1 Å². The van der Waals surface area contributed by atoms with E-state index in [0.29, 0.717) is 23.4 Å². The lowest BCUT2D eigenvalue weighted by atomic mass is 9.89. The number of aromatic nitrogens is 4. The molecule has 1 saturated carbocycles. The zero-order valence-electron chi connectivity index (χ0n) is 20.8. The van der Waals surface area contributed by atoms with E-state index in [1.807, 2.05) is 25.5 Å². The highest BCUT2D eigenvalue weighted by Crippen LogP contribution is 2.32. The second-order valence-electron chi connectivity index (χ2n) is 10.2. The lowest BCUT2D eigenvalue weighted by Crippen LogP contribution is -2.53. The smallest absolute Gasteiger partial charge is 0.251 e. The molecule has 35 heavy (non-hydrogen) atoms. The first-order valence-electron chi connectivity index (χ1n) is 12.7. The maximum atomic E-state index is 13.4. The van der Waals surface area contributed by atoms with Crippen molar-refractivity contribution in [2.45, 2.75) is 57.5 Å². The molecule has 1 saturated heterocycles. The standard InChI is InChI=1S/C26H35N7O2/c1-16-11-19-20(17-12-28-33(3)14-17)13-27-24(23(19)31-25(16)34)30-22-9-10-32(2)15-21(22)26(35)29-18-7-5-4-6-8-18/h11-14,18,21-22H,4-10,15H2,1-3H3,(H,27,30)(H,29,35)(H,31,34)/t21-,22-/m1/s1. The second kappa shape index (κ2) is 9.81. The summed E-state index contributed by atoms with van der Waals surface area (Å²) >= 11 is 0. The summed E-state index contributed by atoms with van der Waals surface area (Å²) in [7, 11) is 3.94. The van der Waals surface area contributed by atoms with Gasteiger partial charge in [-0.3, -0.25) is 14.3 Å². The van der Waals surface area contributed by atoms with Crippen LogP contribution >= 0.6 is 0 Å². The molecule has 1 amide bonds. The summed E-state index contributed by atoms with van der Waals surface area (Å²) in [6.07, 6.45) is 12.1. The van der Waals surface area contributed by atoms with E-state index in [2.05, 4.69) is 32.7 Å². The Hall–Kier alpha value is -3.20. The Kier molecular flexibility index (Phi) is 6.60. The van der Waals surface area contributed by atoms with E-state index >= 15 is 0 Å². The number of carbonyl (C=O) groups is 1. The van der Waals surface area contributed by atoms with E-state index in [0.717, 1.165) is 42.3 Å². The number of hydrogen-bond donors (Lipinski definition) is 3. The van der Waals surface area contributed by atoms with Gasteiger partial charge in [0, 0.05) is 60.1 Å². The van der Waals surface area contributed by atoms with Gasteiger partial charge in [-0.15, -0.1) is 0 Å². The van der Waals surface area contributed by atoms with Crippen molar-refractivity contribution in [1.82, 2.24) is 30.0 Å². The second-order valence-corrected chi connectivity index (χ2v) is 10.2. The van der Waals surface area contributed by atoms with Crippen molar-refractivity contribution < 1.29 is 4.79 Å². The summed E-state index contributed by atoms with van der Waals surface area (Å²) < 4.78 is 1.75. The molecule has 0 aromatic carbocycles. The number of pyridine rings is 2. The van der Waals surface area contributed by atoms with Crippen molar-refractivity contribution in [2.24, 2.45) is 13.0 Å². The summed E-state index contributed by atoms with van der Waals surface area (Å²) in [5.41, 5.74) is 3.01. The minimum Gasteiger partial charge on any atom is -0.365 e. The van der Waals surface area contributed by atoms with Crippen LogP contribution in [0, 0.1) is 12.8 Å². The van der Waals surface area contributed by atoms with Crippen molar-refractivity contribution in [3.63, 3.8) is 0 Å². The molecule has 9 heteroatoms. The summed E-state index contributed by atoms with van der Waals surface area (Å²) in [4.78, 5) is 35.9. The van der Waals surface area contributed by atoms with Crippen LogP contribution in [-0.2, 0) is 11.8 Å². The molecule has 0 unspecified atom stereocenters. The molecule has 0 radical (unpaired) electrons. The molecule has 3 aromatic rings. The molecule has 186 valence electrons. The van der Waals surface area contributed by atoms with E-state index in [-0.39, 0.29) is 29.5 Å². The maximum Gasteiger partial charge on any atom is 0.251 e. The topological polar surface area (TPSA) is 108 Å². The average molecular weight is 478 g/mol. The number of aryl methyl sites for hydroxylation is 2. The highest BCUT2D eigenvalue weighted by atomic mass is 16.2. The predicted molar refractivity (Wildman–Crippen MR) is 137 cm³/mol. The lowest BCUT2D eigenvalue weighted by Gasteiger charge is -2.37. The van der Waals surface area contributed by atoms with Crippen molar-refractivity contribution in [3.8, 4) is 11.1 Å². The molecule has 0 spiro atoms. The van der Waals surface area contributed by atoms with Crippen molar-refractivity contribution in [1.29, 1.82) is 0 Å². The van der Waals surface area contributed by atoms with Crippen LogP contribution in [0.2, 0.25) is 0 Å². The molecule has 3 aromatic heterocycles. The molecular weight excluding hydrogens is 442 g/mol. The summed E-state index contributed by atoms with van der Waals surface area (Å²) in [6.45, 7) is 3.39. The van der Waals surface area contributed by atoms with Gasteiger partial charge in [-0.1, -0.05) is 19.3 Å². The normalized spacial score (nSPS) is 21.8.